The molecule has 0 spiro atoms. The fourth-order valence-electron chi connectivity index (χ4n) is 12.4. The molecule has 6 nitrogen and oxygen atoms in total. The molecule has 0 fully saturated rings. The maximum atomic E-state index is 17.3. The van der Waals surface area contributed by atoms with E-state index in [9.17, 15) is 0 Å². The molecule has 1 atom stereocenters. The van der Waals surface area contributed by atoms with Crippen LogP contribution >= 0.6 is 0 Å². The van der Waals surface area contributed by atoms with Crippen molar-refractivity contribution >= 4 is 17.9 Å². The summed E-state index contributed by atoms with van der Waals surface area (Å²) in [5.41, 5.74) is 3.23. The molecule has 2 aliphatic carbocycles. The summed E-state index contributed by atoms with van der Waals surface area (Å²) < 4.78 is 22.0. The van der Waals surface area contributed by atoms with Gasteiger partial charge in [-0.3, -0.25) is 0 Å². The molecule has 9 aromatic rings. The van der Waals surface area contributed by atoms with Crippen molar-refractivity contribution in [3.8, 4) is 0 Å². The van der Waals surface area contributed by atoms with Gasteiger partial charge in [0.1, 0.15) is 0 Å². The van der Waals surface area contributed by atoms with Crippen molar-refractivity contribution in [3.05, 3.63) is 346 Å². The zero-order valence-electron chi connectivity index (χ0n) is 43.8. The molecule has 78 heavy (non-hydrogen) atoms. The van der Waals surface area contributed by atoms with Crippen LogP contribution in [0.1, 0.15) is 89.6 Å². The summed E-state index contributed by atoms with van der Waals surface area (Å²) in [7, 11) is 0. The Kier molecular flexibility index (Phi) is 14.5. The third-order valence-corrected chi connectivity index (χ3v) is 21.5. The first-order valence-electron chi connectivity index (χ1n) is 26.8. The average Bonchev–Trinajstić information content (AvgIpc) is 3.89. The molecule has 0 heterocycles. The van der Waals surface area contributed by atoms with Crippen LogP contribution in [-0.4, -0.2) is 17.9 Å². The first-order chi connectivity index (χ1) is 38.2. The molecule has 7 heteroatoms. The Labute approximate surface area is 462 Å². The van der Waals surface area contributed by atoms with Crippen LogP contribution in [0.15, 0.2) is 296 Å². The van der Waals surface area contributed by atoms with Gasteiger partial charge in [0.25, 0.3) is 0 Å². The van der Waals surface area contributed by atoms with Crippen LogP contribution in [0.25, 0.3) is 0 Å². The minimum absolute atomic E-state index is 0.600. The van der Waals surface area contributed by atoms with E-state index in [1.807, 2.05) is 287 Å². The van der Waals surface area contributed by atoms with E-state index in [4.69, 9.17) is 9.96 Å². The summed E-state index contributed by atoms with van der Waals surface area (Å²) in [5.74, 6) is -2.25. The molecule has 0 amide bonds. The molecule has 11 rings (SSSR count). The van der Waals surface area contributed by atoms with E-state index in [-0.39, 0.29) is 0 Å². The molecular weight excluding hydrogens is 997 g/mol. The molecule has 0 bridgehead atoms. The normalized spacial score (nSPS) is 15.6. The number of carbonyl (C=O) groups excluding carboxylic acids is 3. The second-order valence-corrected chi connectivity index (χ2v) is 24.7. The monoisotopic (exact) mass is 1060 g/mol. The predicted molar refractivity (Wildman–Crippen MR) is 304 cm³/mol. The van der Waals surface area contributed by atoms with Crippen molar-refractivity contribution < 1.29 is 42.1 Å². The Morgan fingerprint density at radius 2 is 0.551 bits per heavy atom. The SMILES string of the molecule is CC1=CC2=C(CCCC2)[C]1(C)[Ti]([O]C(=O)C(c1ccccc1)(c1ccccc1)c1ccccc1)([O]C(=O)C(c1ccccc1)(c1ccccc1)c1ccccc1)[O]C(=O)C(c1ccccc1)(c1ccccc1)c1ccccc1. The van der Waals surface area contributed by atoms with Gasteiger partial charge in [-0.2, -0.15) is 0 Å². The minimum atomic E-state index is -6.47. The van der Waals surface area contributed by atoms with Crippen molar-refractivity contribution in [3.63, 3.8) is 0 Å². The molecule has 9 aromatic carbocycles. The van der Waals surface area contributed by atoms with Gasteiger partial charge in [-0.25, -0.2) is 0 Å². The standard InChI is InChI=1S/3C20H16O2.C11H15.Ti/c3*21-19(22)20(16-10-4-1-5-11-16,17-12-6-2-7-13-17)18-14-8-3-9-15-18;1-8-7-10-5-3-4-6-11(10)9(8)2;/h3*1-15H,(H,21,22);7H,3-6H2,1-2H3;/q;;;;+3/p-3. The van der Waals surface area contributed by atoms with Crippen LogP contribution in [0.3, 0.4) is 0 Å². The van der Waals surface area contributed by atoms with Crippen LogP contribution in [0.4, 0.5) is 0 Å². The van der Waals surface area contributed by atoms with Crippen molar-refractivity contribution in [1.82, 2.24) is 0 Å². The van der Waals surface area contributed by atoms with Crippen LogP contribution in [-0.2, 0) is 58.3 Å². The molecule has 0 N–H and O–H groups in total. The maximum absolute atomic E-state index is 17.3. The fraction of sp³-hybridized carbons (Fsp3) is 0.141. The van der Waals surface area contributed by atoms with E-state index in [0.29, 0.717) is 56.5 Å². The van der Waals surface area contributed by atoms with Crippen molar-refractivity contribution in [2.45, 2.75) is 59.5 Å². The van der Waals surface area contributed by atoms with Gasteiger partial charge in [-0.05, 0) is 0 Å². The Morgan fingerprint density at radius 1 is 0.346 bits per heavy atom. The van der Waals surface area contributed by atoms with E-state index >= 15 is 14.4 Å². The first kappa shape index (κ1) is 51.7. The molecular formula is C71H60O6Ti. The summed E-state index contributed by atoms with van der Waals surface area (Å²) in [6.07, 6.45) is 5.27. The summed E-state index contributed by atoms with van der Waals surface area (Å²) in [4.78, 5) is 52.0. The van der Waals surface area contributed by atoms with E-state index in [1.54, 1.807) is 0 Å². The number of benzene rings is 9. The van der Waals surface area contributed by atoms with Gasteiger partial charge in [0.05, 0.1) is 0 Å². The van der Waals surface area contributed by atoms with E-state index in [1.165, 1.54) is 0 Å². The zero-order valence-corrected chi connectivity index (χ0v) is 45.4. The number of carbonyl (C=O) groups is 3. The van der Waals surface area contributed by atoms with E-state index in [2.05, 4.69) is 6.08 Å². The van der Waals surface area contributed by atoms with Crippen LogP contribution < -0.4 is 0 Å². The molecule has 0 aliphatic heterocycles. The first-order valence-corrected chi connectivity index (χ1v) is 29.5. The van der Waals surface area contributed by atoms with Crippen LogP contribution in [0.2, 0.25) is 3.72 Å². The topological polar surface area (TPSA) is 78.9 Å². The van der Waals surface area contributed by atoms with E-state index in [0.717, 1.165) is 36.0 Å². The second-order valence-electron chi connectivity index (χ2n) is 20.4. The Morgan fingerprint density at radius 3 is 0.769 bits per heavy atom. The van der Waals surface area contributed by atoms with Gasteiger partial charge in [-0.15, -0.1) is 0 Å². The third-order valence-electron chi connectivity index (χ3n) is 16.4. The molecule has 0 aromatic heterocycles. The molecule has 2 aliphatic rings. The summed E-state index contributed by atoms with van der Waals surface area (Å²) >= 11 is -6.47. The van der Waals surface area contributed by atoms with Gasteiger partial charge >= 0.3 is 465 Å². The van der Waals surface area contributed by atoms with Crippen LogP contribution in [0.5, 0.6) is 0 Å². The number of rotatable bonds is 16. The van der Waals surface area contributed by atoms with Crippen molar-refractivity contribution in [1.29, 1.82) is 0 Å². The molecule has 384 valence electrons. The number of allylic oxidation sites excluding steroid dienone is 4. The van der Waals surface area contributed by atoms with Gasteiger partial charge in [-0.1, -0.05) is 0 Å². The number of hydrogen-bond donors (Lipinski definition) is 0. The second kappa shape index (κ2) is 21.9. The van der Waals surface area contributed by atoms with Gasteiger partial charge in [0.2, 0.25) is 0 Å². The molecule has 1 unspecified atom stereocenters. The van der Waals surface area contributed by atoms with Gasteiger partial charge in [0, 0.05) is 0 Å². The Balaban J connectivity index is 1.27. The summed E-state index contributed by atoms with van der Waals surface area (Å²) in [6.45, 7) is 4.00. The fourth-order valence-corrected chi connectivity index (χ4v) is 17.3. The van der Waals surface area contributed by atoms with Crippen LogP contribution in [0, 0.1) is 0 Å². The molecule has 0 radical (unpaired) electrons. The average molecular weight is 1060 g/mol. The van der Waals surface area contributed by atoms with Gasteiger partial charge in [0.15, 0.2) is 0 Å². The molecule has 0 saturated carbocycles. The predicted octanol–water partition coefficient (Wildman–Crippen LogP) is 15.6. The van der Waals surface area contributed by atoms with Crippen molar-refractivity contribution in [2.75, 3.05) is 0 Å². The Bertz CT molecular complexity index is 2970. The zero-order chi connectivity index (χ0) is 53.6. The summed E-state index contributed by atoms with van der Waals surface area (Å²) in [5, 5.41) is 0. The van der Waals surface area contributed by atoms with Crippen molar-refractivity contribution in [2.24, 2.45) is 0 Å². The van der Waals surface area contributed by atoms with E-state index < -0.39 is 55.6 Å². The Hall–Kier alpha value is -8.42. The quantitative estimate of drug-likeness (QED) is 0.0709. The third kappa shape index (κ3) is 8.61. The molecule has 0 saturated heterocycles. The van der Waals surface area contributed by atoms with Gasteiger partial charge < -0.3 is 0 Å². The number of hydrogen-bond acceptors (Lipinski definition) is 6. The summed E-state index contributed by atoms with van der Waals surface area (Å²) in [6, 6.07) is 86.2.